The lowest BCUT2D eigenvalue weighted by Crippen LogP contribution is -2.02. The van der Waals surface area contributed by atoms with Gasteiger partial charge in [0, 0.05) is 6.54 Å². The van der Waals surface area contributed by atoms with Crippen molar-refractivity contribution in [1.29, 1.82) is 5.26 Å². The van der Waals surface area contributed by atoms with Crippen LogP contribution in [0.4, 0.5) is 5.95 Å². The van der Waals surface area contributed by atoms with Crippen molar-refractivity contribution < 1.29 is 4.74 Å². The normalized spacial score (nSPS) is 10.3. The Morgan fingerprint density at radius 1 is 1.33 bits per heavy atom. The molecule has 0 spiro atoms. The fourth-order valence-electron chi connectivity index (χ4n) is 1.88. The molecular weight excluding hydrogens is 284 g/mol. The van der Waals surface area contributed by atoms with Gasteiger partial charge >= 0.3 is 0 Å². The third-order valence-corrected chi connectivity index (χ3v) is 3.61. The lowest BCUT2D eigenvalue weighted by Gasteiger charge is -2.08. The molecule has 1 aromatic carbocycles. The lowest BCUT2D eigenvalue weighted by atomic mass is 10.2. The van der Waals surface area contributed by atoms with Crippen molar-refractivity contribution in [2.75, 3.05) is 11.9 Å². The summed E-state index contributed by atoms with van der Waals surface area (Å²) < 4.78 is 5.84. The molecule has 3 aromatic rings. The zero-order valence-corrected chi connectivity index (χ0v) is 12.1. The fourth-order valence-corrected chi connectivity index (χ4v) is 2.64. The van der Waals surface area contributed by atoms with E-state index in [-0.39, 0.29) is 0 Å². The van der Waals surface area contributed by atoms with Crippen LogP contribution in [0.5, 0.6) is 11.6 Å². The van der Waals surface area contributed by atoms with Gasteiger partial charge in [-0.3, -0.25) is 0 Å². The Kier molecular flexibility index (Phi) is 3.67. The Morgan fingerprint density at radius 2 is 2.24 bits per heavy atom. The molecule has 0 unspecified atom stereocenters. The number of ether oxygens (including phenoxy) is 1. The summed E-state index contributed by atoms with van der Waals surface area (Å²) in [6.07, 6.45) is 0. The van der Waals surface area contributed by atoms with Crippen LogP contribution in [-0.2, 0) is 0 Å². The maximum absolute atomic E-state index is 8.94. The molecule has 0 radical (unpaired) electrons. The largest absolute Gasteiger partial charge is 0.438 e. The third-order valence-electron chi connectivity index (χ3n) is 2.80. The Bertz CT molecular complexity index is 822. The van der Waals surface area contributed by atoms with E-state index in [9.17, 15) is 0 Å². The topological polar surface area (TPSA) is 70.8 Å². The molecule has 0 atom stereocenters. The number of rotatable bonds is 4. The van der Waals surface area contributed by atoms with Crippen molar-refractivity contribution in [1.82, 2.24) is 9.97 Å². The van der Waals surface area contributed by atoms with Crippen molar-refractivity contribution in [3.8, 4) is 17.7 Å². The molecule has 0 aliphatic rings. The number of hydrogen-bond donors (Lipinski definition) is 1. The number of nitriles is 1. The number of thiophene rings is 1. The van der Waals surface area contributed by atoms with Gasteiger partial charge in [-0.15, -0.1) is 11.3 Å². The Hall–Kier alpha value is -2.65. The van der Waals surface area contributed by atoms with E-state index in [0.717, 1.165) is 16.8 Å². The van der Waals surface area contributed by atoms with E-state index in [0.29, 0.717) is 23.1 Å². The van der Waals surface area contributed by atoms with E-state index >= 15 is 0 Å². The molecule has 21 heavy (non-hydrogen) atoms. The molecular formula is C15H12N4OS. The molecule has 5 nitrogen and oxygen atoms in total. The second-order valence-electron chi connectivity index (χ2n) is 4.26. The monoisotopic (exact) mass is 296 g/mol. The van der Waals surface area contributed by atoms with Crippen molar-refractivity contribution in [3.63, 3.8) is 0 Å². The molecule has 0 aliphatic carbocycles. The minimum atomic E-state index is 0.493. The summed E-state index contributed by atoms with van der Waals surface area (Å²) in [4.78, 5) is 9.69. The summed E-state index contributed by atoms with van der Waals surface area (Å²) in [5.41, 5.74) is 0.551. The van der Waals surface area contributed by atoms with Gasteiger partial charge < -0.3 is 10.1 Å². The quantitative estimate of drug-likeness (QED) is 0.793. The molecule has 0 aliphatic heterocycles. The van der Waals surface area contributed by atoms with Crippen LogP contribution in [0.3, 0.4) is 0 Å². The Morgan fingerprint density at radius 3 is 3.05 bits per heavy atom. The van der Waals surface area contributed by atoms with Gasteiger partial charge in [-0.1, -0.05) is 6.07 Å². The van der Waals surface area contributed by atoms with Crippen molar-refractivity contribution >= 4 is 27.5 Å². The smallest absolute Gasteiger partial charge is 0.232 e. The molecule has 0 saturated heterocycles. The molecule has 0 bridgehead atoms. The minimum absolute atomic E-state index is 0.493. The first-order valence-electron chi connectivity index (χ1n) is 6.47. The average Bonchev–Trinajstić information content (AvgIpc) is 2.96. The van der Waals surface area contributed by atoms with Crippen LogP contribution < -0.4 is 10.1 Å². The summed E-state index contributed by atoms with van der Waals surface area (Å²) in [5.74, 6) is 1.62. The SMILES string of the molecule is CCNc1nc(Oc2cccc(C#N)c2)c2ccsc2n1. The molecule has 0 amide bonds. The van der Waals surface area contributed by atoms with Gasteiger partial charge in [0.1, 0.15) is 10.6 Å². The predicted molar refractivity (Wildman–Crippen MR) is 82.8 cm³/mol. The van der Waals surface area contributed by atoms with Gasteiger partial charge in [0.05, 0.1) is 17.0 Å². The van der Waals surface area contributed by atoms with Crippen LogP contribution in [0.15, 0.2) is 35.7 Å². The van der Waals surface area contributed by atoms with Crippen LogP contribution in [0.1, 0.15) is 12.5 Å². The molecule has 0 saturated carbocycles. The Labute approximate surface area is 125 Å². The van der Waals surface area contributed by atoms with E-state index in [1.54, 1.807) is 24.3 Å². The van der Waals surface area contributed by atoms with Crippen molar-refractivity contribution in [2.24, 2.45) is 0 Å². The molecule has 2 aromatic heterocycles. The summed E-state index contributed by atoms with van der Waals surface area (Å²) >= 11 is 1.54. The second-order valence-corrected chi connectivity index (χ2v) is 5.16. The summed E-state index contributed by atoms with van der Waals surface area (Å²) in [7, 11) is 0. The van der Waals surface area contributed by atoms with Crippen molar-refractivity contribution in [3.05, 3.63) is 41.3 Å². The third kappa shape index (κ3) is 2.78. The van der Waals surface area contributed by atoms with E-state index < -0.39 is 0 Å². The summed E-state index contributed by atoms with van der Waals surface area (Å²) in [6.45, 7) is 2.72. The number of benzene rings is 1. The minimum Gasteiger partial charge on any atom is -0.438 e. The van der Waals surface area contributed by atoms with Gasteiger partial charge in [0.2, 0.25) is 11.8 Å². The highest BCUT2D eigenvalue weighted by Crippen LogP contribution is 2.31. The lowest BCUT2D eigenvalue weighted by molar-refractivity contribution is 0.469. The summed E-state index contributed by atoms with van der Waals surface area (Å²) in [5, 5.41) is 14.8. The molecule has 2 heterocycles. The van der Waals surface area contributed by atoms with Crippen LogP contribution in [0, 0.1) is 11.3 Å². The highest BCUT2D eigenvalue weighted by Gasteiger charge is 2.11. The first kappa shape index (κ1) is 13.3. The van der Waals surface area contributed by atoms with Crippen molar-refractivity contribution in [2.45, 2.75) is 6.92 Å². The van der Waals surface area contributed by atoms with Gasteiger partial charge in [-0.25, -0.2) is 4.98 Å². The van der Waals surface area contributed by atoms with Gasteiger partial charge in [0.15, 0.2) is 0 Å². The highest BCUT2D eigenvalue weighted by molar-refractivity contribution is 7.16. The van der Waals surface area contributed by atoms with Crippen LogP contribution in [0.25, 0.3) is 10.2 Å². The zero-order chi connectivity index (χ0) is 14.7. The predicted octanol–water partition coefficient (Wildman–Crippen LogP) is 3.79. The maximum Gasteiger partial charge on any atom is 0.232 e. The average molecular weight is 296 g/mol. The van der Waals surface area contributed by atoms with E-state index in [2.05, 4.69) is 21.4 Å². The number of nitrogens with zero attached hydrogens (tertiary/aromatic N) is 3. The number of anilines is 1. The standard InChI is InChI=1S/C15H12N4OS/c1-2-17-15-18-13(12-6-7-21-14(12)19-15)20-11-5-3-4-10(8-11)9-16/h3-8H,2H2,1H3,(H,17,18,19). The molecule has 6 heteroatoms. The highest BCUT2D eigenvalue weighted by atomic mass is 32.1. The number of hydrogen-bond acceptors (Lipinski definition) is 6. The number of aromatic nitrogens is 2. The number of nitrogens with one attached hydrogen (secondary N) is 1. The summed E-state index contributed by atoms with van der Waals surface area (Å²) in [6, 6.07) is 11.0. The molecule has 3 rings (SSSR count). The maximum atomic E-state index is 8.94. The molecule has 1 N–H and O–H groups in total. The first-order chi connectivity index (χ1) is 10.3. The van der Waals surface area contributed by atoms with E-state index in [4.69, 9.17) is 10.00 Å². The Balaban J connectivity index is 2.02. The second kappa shape index (κ2) is 5.77. The van der Waals surface area contributed by atoms with Crippen LogP contribution in [-0.4, -0.2) is 16.5 Å². The van der Waals surface area contributed by atoms with E-state index in [1.807, 2.05) is 18.4 Å². The van der Waals surface area contributed by atoms with E-state index in [1.165, 1.54) is 11.3 Å². The van der Waals surface area contributed by atoms with Gasteiger partial charge in [-0.05, 0) is 36.6 Å². The van der Waals surface area contributed by atoms with Crippen LogP contribution in [0.2, 0.25) is 0 Å². The zero-order valence-electron chi connectivity index (χ0n) is 11.3. The van der Waals surface area contributed by atoms with Gasteiger partial charge in [0.25, 0.3) is 0 Å². The van der Waals surface area contributed by atoms with Gasteiger partial charge in [-0.2, -0.15) is 10.2 Å². The number of fused-ring (bicyclic) bond motifs is 1. The molecule has 0 fully saturated rings. The fraction of sp³-hybridized carbons (Fsp3) is 0.133. The first-order valence-corrected chi connectivity index (χ1v) is 7.35. The van der Waals surface area contributed by atoms with Crippen LogP contribution >= 0.6 is 11.3 Å². The molecule has 104 valence electrons.